The molecule has 1 atom stereocenters. The summed E-state index contributed by atoms with van der Waals surface area (Å²) in [6.07, 6.45) is 2.02. The number of phenols is 2. The van der Waals surface area contributed by atoms with E-state index in [2.05, 4.69) is 10.6 Å². The highest BCUT2D eigenvalue weighted by Gasteiger charge is 2.53. The van der Waals surface area contributed by atoms with Gasteiger partial charge in [0, 0.05) is 34.5 Å². The van der Waals surface area contributed by atoms with Crippen LogP contribution in [-0.4, -0.2) is 38.4 Å². The number of hydrogen-bond donors (Lipinski definition) is 5. The lowest BCUT2D eigenvalue weighted by Crippen LogP contribution is -2.42. The highest BCUT2D eigenvalue weighted by Crippen LogP contribution is 2.57. The van der Waals surface area contributed by atoms with Crippen molar-refractivity contribution < 1.29 is 34.4 Å². The van der Waals surface area contributed by atoms with E-state index in [4.69, 9.17) is 21.7 Å². The molecule has 0 aromatic heterocycles. The highest BCUT2D eigenvalue weighted by molar-refractivity contribution is 7.80. The predicted molar refractivity (Wildman–Crippen MR) is 138 cm³/mol. The van der Waals surface area contributed by atoms with E-state index in [0.717, 1.165) is 12.8 Å². The van der Waals surface area contributed by atoms with Crippen LogP contribution in [0.3, 0.4) is 0 Å². The number of nitrogens with one attached hydrogen (secondary N) is 2. The first kappa shape index (κ1) is 24.4. The number of hydrogen-bond acceptors (Lipinski definition) is 7. The van der Waals surface area contributed by atoms with Gasteiger partial charge in [-0.05, 0) is 55.0 Å². The van der Waals surface area contributed by atoms with Gasteiger partial charge in [-0.1, -0.05) is 25.8 Å². The van der Waals surface area contributed by atoms with Crippen molar-refractivity contribution in [3.05, 3.63) is 76.9 Å². The Bertz CT molecular complexity index is 1390. The molecule has 9 nitrogen and oxygen atoms in total. The van der Waals surface area contributed by atoms with E-state index < -0.39 is 23.6 Å². The first-order chi connectivity index (χ1) is 17.7. The molecular weight excluding hydrogens is 496 g/mol. The molecule has 5 N–H and O–H groups in total. The lowest BCUT2D eigenvalue weighted by atomic mass is 9.77. The smallest absolute Gasteiger partial charge is 0.340 e. The lowest BCUT2D eigenvalue weighted by molar-refractivity contribution is -0.139. The van der Waals surface area contributed by atoms with E-state index in [1.165, 1.54) is 24.3 Å². The van der Waals surface area contributed by atoms with Crippen molar-refractivity contribution in [1.29, 1.82) is 0 Å². The number of carbonyl (C=O) groups excluding carboxylic acids is 1. The van der Waals surface area contributed by atoms with Gasteiger partial charge in [0.1, 0.15) is 29.0 Å². The SMILES string of the molecule is CCCC[C@H](NC(=S)Nc1ccc2c(c1)C(=O)OC21c2ccc(O)cc2Oc2cc(O)ccc21)C(=O)O. The number of rotatable bonds is 6. The van der Waals surface area contributed by atoms with Gasteiger partial charge in [0.2, 0.25) is 0 Å². The Balaban J connectivity index is 1.52. The van der Waals surface area contributed by atoms with Crippen LogP contribution in [0.15, 0.2) is 54.6 Å². The second-order valence-electron chi connectivity index (χ2n) is 8.93. The number of unbranched alkanes of at least 4 members (excludes halogenated alkanes) is 1. The summed E-state index contributed by atoms with van der Waals surface area (Å²) in [5.74, 6) is -1.05. The maximum Gasteiger partial charge on any atom is 0.340 e. The average molecular weight is 521 g/mol. The van der Waals surface area contributed by atoms with Gasteiger partial charge in [0.05, 0.1) is 5.56 Å². The molecule has 2 aliphatic heterocycles. The third-order valence-corrected chi connectivity index (χ3v) is 6.70. The summed E-state index contributed by atoms with van der Waals surface area (Å²) in [4.78, 5) is 24.8. The zero-order chi connectivity index (χ0) is 26.3. The van der Waals surface area contributed by atoms with Crippen molar-refractivity contribution >= 4 is 35.0 Å². The monoisotopic (exact) mass is 520 g/mol. The molecule has 2 aliphatic rings. The Morgan fingerprint density at radius 3 is 2.22 bits per heavy atom. The van der Waals surface area contributed by atoms with Crippen molar-refractivity contribution in [2.45, 2.75) is 37.8 Å². The maximum atomic E-state index is 13.2. The number of ether oxygens (including phenoxy) is 2. The van der Waals surface area contributed by atoms with E-state index in [0.29, 0.717) is 28.8 Å². The highest BCUT2D eigenvalue weighted by atomic mass is 32.1. The molecule has 0 radical (unpaired) electrons. The average Bonchev–Trinajstić information content (AvgIpc) is 3.13. The van der Waals surface area contributed by atoms with Gasteiger partial charge in [0.25, 0.3) is 0 Å². The number of carboxylic acids is 1. The summed E-state index contributed by atoms with van der Waals surface area (Å²) in [5.41, 5.74) is 1.00. The number of anilines is 1. The lowest BCUT2D eigenvalue weighted by Gasteiger charge is -2.36. The molecule has 0 saturated carbocycles. The van der Waals surface area contributed by atoms with Crippen molar-refractivity contribution in [2.75, 3.05) is 5.32 Å². The molecule has 5 rings (SSSR count). The van der Waals surface area contributed by atoms with E-state index in [1.807, 2.05) is 6.92 Å². The van der Waals surface area contributed by atoms with Crippen LogP contribution in [0, 0.1) is 0 Å². The van der Waals surface area contributed by atoms with E-state index in [-0.39, 0.29) is 33.7 Å². The van der Waals surface area contributed by atoms with Crippen LogP contribution >= 0.6 is 12.2 Å². The fraction of sp³-hybridized carbons (Fsp3) is 0.222. The number of aliphatic carboxylic acids is 1. The molecule has 0 saturated heterocycles. The molecule has 1 spiro atoms. The molecule has 0 aliphatic carbocycles. The van der Waals surface area contributed by atoms with E-state index in [9.17, 15) is 24.9 Å². The molecule has 0 unspecified atom stereocenters. The number of benzene rings is 3. The molecule has 10 heteroatoms. The topological polar surface area (TPSA) is 137 Å². The van der Waals surface area contributed by atoms with Gasteiger partial charge in [-0.3, -0.25) is 0 Å². The first-order valence-corrected chi connectivity index (χ1v) is 12.2. The van der Waals surface area contributed by atoms with Crippen LogP contribution in [-0.2, 0) is 15.1 Å². The Kier molecular flexibility index (Phi) is 6.12. The molecule has 0 fully saturated rings. The van der Waals surface area contributed by atoms with Crippen molar-refractivity contribution in [3.63, 3.8) is 0 Å². The second-order valence-corrected chi connectivity index (χ2v) is 9.33. The van der Waals surface area contributed by atoms with Crippen molar-refractivity contribution in [3.8, 4) is 23.0 Å². The molecule has 37 heavy (non-hydrogen) atoms. The third-order valence-electron chi connectivity index (χ3n) is 6.48. The number of carboxylic acid groups (broad SMARTS) is 1. The van der Waals surface area contributed by atoms with Gasteiger partial charge in [-0.2, -0.15) is 0 Å². The fourth-order valence-electron chi connectivity index (χ4n) is 4.77. The van der Waals surface area contributed by atoms with Gasteiger partial charge < -0.3 is 35.4 Å². The number of phenolic OH excluding ortho intramolecular Hbond substituents is 2. The number of esters is 1. The molecule has 0 amide bonds. The first-order valence-electron chi connectivity index (χ1n) is 11.8. The Labute approximate surface area is 217 Å². The molecule has 190 valence electrons. The Morgan fingerprint density at radius 1 is 1.00 bits per heavy atom. The summed E-state index contributed by atoms with van der Waals surface area (Å²) in [6.45, 7) is 1.98. The summed E-state index contributed by atoms with van der Waals surface area (Å²) in [6, 6.07) is 13.3. The second kappa shape index (κ2) is 9.29. The number of fused-ring (bicyclic) bond motifs is 6. The van der Waals surface area contributed by atoms with Crippen LogP contribution in [0.4, 0.5) is 5.69 Å². The minimum atomic E-state index is -1.36. The quantitative estimate of drug-likeness (QED) is 0.232. The van der Waals surface area contributed by atoms with Gasteiger partial charge in [0.15, 0.2) is 10.7 Å². The Hall–Kier alpha value is -4.31. The van der Waals surface area contributed by atoms with Crippen LogP contribution in [0.2, 0.25) is 0 Å². The predicted octanol–water partition coefficient (Wildman–Crippen LogP) is 4.60. The van der Waals surface area contributed by atoms with Crippen LogP contribution < -0.4 is 15.4 Å². The molecular formula is C27H24N2O7S. The minimum Gasteiger partial charge on any atom is -0.508 e. The minimum absolute atomic E-state index is 0.0267. The van der Waals surface area contributed by atoms with Crippen molar-refractivity contribution in [1.82, 2.24) is 5.32 Å². The standard InChI is InChI=1S/C27H24N2O7S/c1-2-3-4-21(24(32)33)29-26(37)28-14-5-8-18-17(11-14)25(34)36-27(18)19-9-6-15(30)12-22(19)35-23-13-16(31)7-10-20(23)27/h5-13,21,30-31H,2-4H2,1H3,(H,32,33)(H2,28,29,37)/t21-/m0/s1. The van der Waals surface area contributed by atoms with Gasteiger partial charge in [-0.25, -0.2) is 9.59 Å². The molecule has 3 aromatic carbocycles. The normalized spacial score (nSPS) is 15.0. The summed E-state index contributed by atoms with van der Waals surface area (Å²) in [7, 11) is 0. The molecule has 0 bridgehead atoms. The maximum absolute atomic E-state index is 13.2. The zero-order valence-electron chi connectivity index (χ0n) is 19.8. The van der Waals surface area contributed by atoms with Crippen LogP contribution in [0.25, 0.3) is 0 Å². The largest absolute Gasteiger partial charge is 0.508 e. The number of carbonyl (C=O) groups is 2. The molecule has 3 aromatic rings. The summed E-state index contributed by atoms with van der Waals surface area (Å²) in [5, 5.41) is 35.4. The Morgan fingerprint density at radius 2 is 1.62 bits per heavy atom. The number of aromatic hydroxyl groups is 2. The molecule has 2 heterocycles. The van der Waals surface area contributed by atoms with Crippen molar-refractivity contribution in [2.24, 2.45) is 0 Å². The zero-order valence-corrected chi connectivity index (χ0v) is 20.6. The van der Waals surface area contributed by atoms with Crippen LogP contribution in [0.5, 0.6) is 23.0 Å². The van der Waals surface area contributed by atoms with Gasteiger partial charge in [-0.15, -0.1) is 0 Å². The third kappa shape index (κ3) is 4.19. The van der Waals surface area contributed by atoms with E-state index in [1.54, 1.807) is 30.3 Å². The van der Waals surface area contributed by atoms with Crippen LogP contribution in [0.1, 0.15) is 53.2 Å². The fourth-order valence-corrected chi connectivity index (χ4v) is 5.03. The van der Waals surface area contributed by atoms with E-state index >= 15 is 0 Å². The summed E-state index contributed by atoms with van der Waals surface area (Å²) >= 11 is 5.32. The summed E-state index contributed by atoms with van der Waals surface area (Å²) < 4.78 is 12.0. The van der Waals surface area contributed by atoms with Gasteiger partial charge >= 0.3 is 11.9 Å². The number of thiocarbonyl (C=S) groups is 1.